The lowest BCUT2D eigenvalue weighted by molar-refractivity contribution is 0.316. The molecule has 1 saturated heterocycles. The second-order valence-corrected chi connectivity index (χ2v) is 5.02. The molecule has 0 N–H and O–H groups in total. The first kappa shape index (κ1) is 13.1. The van der Waals surface area contributed by atoms with Crippen LogP contribution in [-0.2, 0) is 6.54 Å². The Balaban J connectivity index is 1.71. The van der Waals surface area contributed by atoms with Gasteiger partial charge in [-0.1, -0.05) is 6.07 Å². The van der Waals surface area contributed by atoms with Gasteiger partial charge in [0, 0.05) is 30.4 Å². The zero-order valence-corrected chi connectivity index (χ0v) is 11.0. The minimum absolute atomic E-state index is 0.0973. The van der Waals surface area contributed by atoms with Gasteiger partial charge in [-0.3, -0.25) is 4.90 Å². The summed E-state index contributed by atoms with van der Waals surface area (Å²) in [7, 11) is 0. The highest BCUT2D eigenvalue weighted by Gasteiger charge is 2.28. The number of rotatable bonds is 3. The molecule has 0 bridgehead atoms. The Labute approximate surface area is 116 Å². The van der Waals surface area contributed by atoms with E-state index in [1.165, 1.54) is 18.2 Å². The van der Waals surface area contributed by atoms with Crippen LogP contribution >= 0.6 is 0 Å². The molecule has 1 aliphatic heterocycles. The number of hydrogen-bond donors (Lipinski definition) is 0. The van der Waals surface area contributed by atoms with E-state index in [-0.39, 0.29) is 11.5 Å². The van der Waals surface area contributed by atoms with Crippen LogP contribution in [0.1, 0.15) is 23.7 Å². The van der Waals surface area contributed by atoms with Crippen molar-refractivity contribution in [2.24, 2.45) is 0 Å². The first-order chi connectivity index (χ1) is 9.74. The van der Waals surface area contributed by atoms with Crippen molar-refractivity contribution in [1.82, 2.24) is 14.9 Å². The van der Waals surface area contributed by atoms with E-state index in [0.29, 0.717) is 13.1 Å². The Morgan fingerprint density at radius 1 is 1.10 bits per heavy atom. The summed E-state index contributed by atoms with van der Waals surface area (Å²) in [5, 5.41) is 0. The van der Waals surface area contributed by atoms with E-state index in [2.05, 4.69) is 14.9 Å². The fraction of sp³-hybridized carbons (Fsp3) is 0.333. The summed E-state index contributed by atoms with van der Waals surface area (Å²) in [6.45, 7) is 2.06. The van der Waals surface area contributed by atoms with Crippen molar-refractivity contribution in [1.29, 1.82) is 0 Å². The minimum atomic E-state index is -0.451. The summed E-state index contributed by atoms with van der Waals surface area (Å²) < 4.78 is 27.5. The topological polar surface area (TPSA) is 29.0 Å². The molecule has 2 heterocycles. The second-order valence-electron chi connectivity index (χ2n) is 5.02. The lowest BCUT2D eigenvalue weighted by Crippen LogP contribution is -2.21. The quantitative estimate of drug-likeness (QED) is 0.862. The van der Waals surface area contributed by atoms with Gasteiger partial charge in [-0.2, -0.15) is 0 Å². The standard InChI is InChI=1S/C15H15F2N3/c16-12-3-1-4-13(17)15(12)11-5-8-20(9-11)10-14-18-6-2-7-19-14/h1-4,6-7,11H,5,8-10H2/t11-/m1/s1. The molecular formula is C15H15F2N3. The van der Waals surface area contributed by atoms with E-state index < -0.39 is 11.6 Å². The Kier molecular flexibility index (Phi) is 3.69. The predicted octanol–water partition coefficient (Wildman–Crippen LogP) is 2.74. The van der Waals surface area contributed by atoms with Crippen molar-refractivity contribution in [3.8, 4) is 0 Å². The summed E-state index contributed by atoms with van der Waals surface area (Å²) in [5.74, 6) is -0.261. The maximum absolute atomic E-state index is 13.8. The van der Waals surface area contributed by atoms with Crippen molar-refractivity contribution in [3.05, 3.63) is 59.7 Å². The molecule has 1 aromatic carbocycles. The molecule has 3 nitrogen and oxygen atoms in total. The van der Waals surface area contributed by atoms with Gasteiger partial charge in [-0.15, -0.1) is 0 Å². The molecule has 0 aliphatic carbocycles. The molecule has 5 heteroatoms. The van der Waals surface area contributed by atoms with Crippen LogP contribution in [0.2, 0.25) is 0 Å². The average Bonchev–Trinajstić information content (AvgIpc) is 2.88. The van der Waals surface area contributed by atoms with Crippen LogP contribution in [0.25, 0.3) is 0 Å². The van der Waals surface area contributed by atoms with Crippen LogP contribution in [0.3, 0.4) is 0 Å². The molecule has 0 spiro atoms. The highest BCUT2D eigenvalue weighted by atomic mass is 19.1. The van der Waals surface area contributed by atoms with Crippen LogP contribution in [0.15, 0.2) is 36.7 Å². The molecule has 20 heavy (non-hydrogen) atoms. The summed E-state index contributed by atoms with van der Waals surface area (Å²) in [4.78, 5) is 10.5. The Morgan fingerprint density at radius 3 is 2.50 bits per heavy atom. The van der Waals surface area contributed by atoms with Gasteiger partial charge >= 0.3 is 0 Å². The van der Waals surface area contributed by atoms with Crippen molar-refractivity contribution in [3.63, 3.8) is 0 Å². The number of likely N-dealkylation sites (tertiary alicyclic amines) is 1. The van der Waals surface area contributed by atoms with Crippen LogP contribution in [0, 0.1) is 11.6 Å². The van der Waals surface area contributed by atoms with Gasteiger partial charge in [0.2, 0.25) is 0 Å². The average molecular weight is 275 g/mol. The highest BCUT2D eigenvalue weighted by Crippen LogP contribution is 2.31. The molecule has 1 aliphatic rings. The normalized spacial score (nSPS) is 19.4. The first-order valence-electron chi connectivity index (χ1n) is 6.66. The SMILES string of the molecule is Fc1cccc(F)c1[C@@H]1CCN(Cc2ncccn2)C1. The lowest BCUT2D eigenvalue weighted by atomic mass is 9.97. The number of benzene rings is 1. The molecule has 104 valence electrons. The zero-order valence-electron chi connectivity index (χ0n) is 11.0. The Bertz CT molecular complexity index is 569. The number of nitrogens with zero attached hydrogens (tertiary/aromatic N) is 3. The molecule has 3 rings (SSSR count). The third-order valence-electron chi connectivity index (χ3n) is 3.66. The number of halogens is 2. The van der Waals surface area contributed by atoms with Crippen molar-refractivity contribution in [2.45, 2.75) is 18.9 Å². The molecule has 1 aromatic heterocycles. The van der Waals surface area contributed by atoms with Gasteiger partial charge < -0.3 is 0 Å². The fourth-order valence-electron chi connectivity index (χ4n) is 2.72. The molecule has 0 amide bonds. The van der Waals surface area contributed by atoms with E-state index in [1.807, 2.05) is 0 Å². The molecule has 0 radical (unpaired) electrons. The molecule has 0 saturated carbocycles. The molecule has 2 aromatic rings. The highest BCUT2D eigenvalue weighted by molar-refractivity contribution is 5.25. The van der Waals surface area contributed by atoms with Gasteiger partial charge in [0.05, 0.1) is 6.54 Å². The monoisotopic (exact) mass is 275 g/mol. The van der Waals surface area contributed by atoms with Gasteiger partial charge in [0.1, 0.15) is 17.5 Å². The third-order valence-corrected chi connectivity index (χ3v) is 3.66. The van der Waals surface area contributed by atoms with Crippen LogP contribution in [-0.4, -0.2) is 28.0 Å². The van der Waals surface area contributed by atoms with Crippen molar-refractivity contribution >= 4 is 0 Å². The zero-order chi connectivity index (χ0) is 13.9. The maximum Gasteiger partial charge on any atom is 0.142 e. The predicted molar refractivity (Wildman–Crippen MR) is 71.0 cm³/mol. The largest absolute Gasteiger partial charge is 0.295 e. The van der Waals surface area contributed by atoms with E-state index in [9.17, 15) is 8.78 Å². The second kappa shape index (κ2) is 5.63. The van der Waals surface area contributed by atoms with E-state index in [4.69, 9.17) is 0 Å². The molecule has 1 fully saturated rings. The molecular weight excluding hydrogens is 260 g/mol. The van der Waals surface area contributed by atoms with Crippen molar-refractivity contribution in [2.75, 3.05) is 13.1 Å². The smallest absolute Gasteiger partial charge is 0.142 e. The molecule has 0 unspecified atom stereocenters. The number of aromatic nitrogens is 2. The van der Waals surface area contributed by atoms with Gasteiger partial charge in [-0.25, -0.2) is 18.7 Å². The molecule has 1 atom stereocenters. The van der Waals surface area contributed by atoms with Gasteiger partial charge in [0.15, 0.2) is 0 Å². The van der Waals surface area contributed by atoms with Gasteiger partial charge in [-0.05, 0) is 31.2 Å². The first-order valence-corrected chi connectivity index (χ1v) is 6.66. The lowest BCUT2D eigenvalue weighted by Gasteiger charge is -2.15. The van der Waals surface area contributed by atoms with Crippen LogP contribution < -0.4 is 0 Å². The summed E-state index contributed by atoms with van der Waals surface area (Å²) >= 11 is 0. The van der Waals surface area contributed by atoms with E-state index in [1.54, 1.807) is 18.5 Å². The van der Waals surface area contributed by atoms with Crippen molar-refractivity contribution < 1.29 is 8.78 Å². The van der Waals surface area contributed by atoms with Crippen LogP contribution in [0.4, 0.5) is 8.78 Å². The summed E-state index contributed by atoms with van der Waals surface area (Å²) in [6, 6.07) is 5.81. The van der Waals surface area contributed by atoms with Crippen LogP contribution in [0.5, 0.6) is 0 Å². The Morgan fingerprint density at radius 2 is 1.80 bits per heavy atom. The minimum Gasteiger partial charge on any atom is -0.295 e. The van der Waals surface area contributed by atoms with E-state index >= 15 is 0 Å². The van der Waals surface area contributed by atoms with Gasteiger partial charge in [0.25, 0.3) is 0 Å². The third kappa shape index (κ3) is 2.67. The summed E-state index contributed by atoms with van der Waals surface area (Å²) in [5.41, 5.74) is 0.212. The summed E-state index contributed by atoms with van der Waals surface area (Å²) in [6.07, 6.45) is 4.16. The maximum atomic E-state index is 13.8. The Hall–Kier alpha value is -1.88. The van der Waals surface area contributed by atoms with E-state index in [0.717, 1.165) is 18.8 Å². The fourth-order valence-corrected chi connectivity index (χ4v) is 2.72. The number of hydrogen-bond acceptors (Lipinski definition) is 3.